The minimum Gasteiger partial charge on any atom is -0.496 e. The van der Waals surface area contributed by atoms with Crippen molar-refractivity contribution in [2.75, 3.05) is 27.7 Å². The van der Waals surface area contributed by atoms with Gasteiger partial charge in [0.1, 0.15) is 5.75 Å². The second-order valence-corrected chi connectivity index (χ2v) is 7.37. The number of likely N-dealkylation sites (N-methyl/N-ethyl adjacent to an activating group) is 1. The predicted molar refractivity (Wildman–Crippen MR) is 114 cm³/mol. The number of methoxy groups -OCH3 is 1. The number of rotatable bonds is 5. The molecule has 142 valence electrons. The molecule has 0 fully saturated rings. The summed E-state index contributed by atoms with van der Waals surface area (Å²) in [7, 11) is 5.25. The standard InChI is InChI=1S/C21H19BrN4O2/c1-23-17(10-15-12-24-8-7-20(15)28-4)19-11-14-9-16(22)5-6-18(14)26(19)21(27)13-25(2)3/h5-12H,13H2,2-4H3/b17-10-. The third-order valence-corrected chi connectivity index (χ3v) is 4.66. The van der Waals surface area contributed by atoms with Crippen LogP contribution in [0.1, 0.15) is 16.1 Å². The zero-order valence-corrected chi connectivity index (χ0v) is 17.4. The van der Waals surface area contributed by atoms with Crippen molar-refractivity contribution in [3.63, 3.8) is 0 Å². The second kappa shape index (κ2) is 8.38. The first-order valence-corrected chi connectivity index (χ1v) is 9.30. The molecule has 0 aliphatic carbocycles. The Morgan fingerprint density at radius 2 is 2.14 bits per heavy atom. The Hall–Kier alpha value is -2.95. The van der Waals surface area contributed by atoms with Crippen molar-refractivity contribution in [3.8, 4) is 5.75 Å². The number of fused-ring (bicyclic) bond motifs is 1. The van der Waals surface area contributed by atoms with Crippen LogP contribution in [-0.4, -0.2) is 48.1 Å². The van der Waals surface area contributed by atoms with Crippen molar-refractivity contribution in [1.82, 2.24) is 14.5 Å². The van der Waals surface area contributed by atoms with Crippen molar-refractivity contribution in [1.29, 1.82) is 0 Å². The lowest BCUT2D eigenvalue weighted by molar-refractivity contribution is 0.0881. The SMILES string of the molecule is [C-]#[N+]/C(=C\c1cnccc1OC)c1cc2cc(Br)ccc2n1C(=O)CN(C)C. The Morgan fingerprint density at radius 3 is 2.82 bits per heavy atom. The van der Waals surface area contributed by atoms with Crippen LogP contribution in [-0.2, 0) is 0 Å². The minimum absolute atomic E-state index is 0.106. The minimum atomic E-state index is -0.106. The molecule has 0 radical (unpaired) electrons. The molecule has 0 N–H and O–H groups in total. The van der Waals surface area contributed by atoms with Gasteiger partial charge in [0.2, 0.25) is 11.6 Å². The van der Waals surface area contributed by atoms with Gasteiger partial charge in [-0.2, -0.15) is 0 Å². The van der Waals surface area contributed by atoms with Crippen molar-refractivity contribution in [2.24, 2.45) is 0 Å². The third kappa shape index (κ3) is 3.98. The Bertz CT molecular complexity index is 1110. The number of nitrogens with zero attached hydrogens (tertiary/aromatic N) is 4. The van der Waals surface area contributed by atoms with E-state index in [2.05, 4.69) is 25.8 Å². The molecule has 1 aromatic carbocycles. The Kier molecular flexibility index (Phi) is 5.93. The van der Waals surface area contributed by atoms with Crippen LogP contribution < -0.4 is 4.74 Å². The highest BCUT2D eigenvalue weighted by Gasteiger charge is 2.19. The van der Waals surface area contributed by atoms with Gasteiger partial charge in [-0.05, 0) is 50.5 Å². The van der Waals surface area contributed by atoms with E-state index in [0.29, 0.717) is 22.7 Å². The summed E-state index contributed by atoms with van der Waals surface area (Å²) in [6.07, 6.45) is 4.96. The normalized spacial score (nSPS) is 11.6. The molecule has 0 amide bonds. The molecular formula is C21H19BrN4O2. The van der Waals surface area contributed by atoms with E-state index < -0.39 is 0 Å². The summed E-state index contributed by atoms with van der Waals surface area (Å²) in [6.45, 7) is 7.95. The van der Waals surface area contributed by atoms with E-state index in [9.17, 15) is 4.79 Å². The van der Waals surface area contributed by atoms with Gasteiger partial charge >= 0.3 is 0 Å². The number of benzene rings is 1. The maximum absolute atomic E-state index is 13.0. The molecule has 0 unspecified atom stereocenters. The smallest absolute Gasteiger partial charge is 0.244 e. The lowest BCUT2D eigenvalue weighted by Gasteiger charge is -2.13. The molecule has 0 saturated heterocycles. The average molecular weight is 439 g/mol. The number of hydrogen-bond acceptors (Lipinski definition) is 4. The molecular weight excluding hydrogens is 420 g/mol. The quantitative estimate of drug-likeness (QED) is 0.553. The largest absolute Gasteiger partial charge is 0.496 e. The van der Waals surface area contributed by atoms with Crippen molar-refractivity contribution >= 4 is 44.5 Å². The van der Waals surface area contributed by atoms with Crippen molar-refractivity contribution in [2.45, 2.75) is 0 Å². The van der Waals surface area contributed by atoms with Crippen molar-refractivity contribution < 1.29 is 9.53 Å². The van der Waals surface area contributed by atoms with Gasteiger partial charge in [-0.3, -0.25) is 14.3 Å². The van der Waals surface area contributed by atoms with Crippen LogP contribution in [0.2, 0.25) is 0 Å². The van der Waals surface area contributed by atoms with Crippen LogP contribution in [0.25, 0.3) is 27.5 Å². The summed E-state index contributed by atoms with van der Waals surface area (Å²) in [6, 6.07) is 9.29. The molecule has 28 heavy (non-hydrogen) atoms. The number of carbonyl (C=O) groups is 1. The van der Waals surface area contributed by atoms with E-state index in [4.69, 9.17) is 11.3 Å². The van der Waals surface area contributed by atoms with Crippen molar-refractivity contribution in [3.05, 3.63) is 69.9 Å². The Balaban J connectivity index is 2.24. The lowest BCUT2D eigenvalue weighted by atomic mass is 10.2. The fourth-order valence-electron chi connectivity index (χ4n) is 2.98. The Morgan fingerprint density at radius 1 is 1.36 bits per heavy atom. The maximum Gasteiger partial charge on any atom is 0.244 e. The molecule has 0 saturated carbocycles. The molecule has 0 aliphatic rings. The summed E-state index contributed by atoms with van der Waals surface area (Å²) < 4.78 is 7.87. The highest BCUT2D eigenvalue weighted by atomic mass is 79.9. The average Bonchev–Trinajstić information content (AvgIpc) is 3.04. The summed E-state index contributed by atoms with van der Waals surface area (Å²) in [5.41, 5.74) is 2.32. The monoisotopic (exact) mass is 438 g/mol. The summed E-state index contributed by atoms with van der Waals surface area (Å²) >= 11 is 3.47. The lowest BCUT2D eigenvalue weighted by Crippen LogP contribution is -2.27. The highest BCUT2D eigenvalue weighted by molar-refractivity contribution is 9.10. The topological polar surface area (TPSA) is 51.7 Å². The van der Waals surface area contributed by atoms with Gasteiger partial charge in [0.25, 0.3) is 0 Å². The van der Waals surface area contributed by atoms with E-state index in [-0.39, 0.29) is 12.5 Å². The zero-order chi connectivity index (χ0) is 20.3. The summed E-state index contributed by atoms with van der Waals surface area (Å²) in [5.74, 6) is 0.506. The highest BCUT2D eigenvalue weighted by Crippen LogP contribution is 2.31. The van der Waals surface area contributed by atoms with Gasteiger partial charge in [-0.25, -0.2) is 4.85 Å². The molecule has 3 rings (SSSR count). The molecule has 0 atom stereocenters. The van der Waals surface area contributed by atoms with E-state index in [1.807, 2.05) is 43.3 Å². The number of aromatic nitrogens is 2. The Labute approximate surface area is 172 Å². The summed E-state index contributed by atoms with van der Waals surface area (Å²) in [4.78, 5) is 22.6. The number of carbonyl (C=O) groups excluding carboxylic acids is 1. The first-order chi connectivity index (χ1) is 13.4. The van der Waals surface area contributed by atoms with Gasteiger partial charge < -0.3 is 9.64 Å². The van der Waals surface area contributed by atoms with Crippen LogP contribution >= 0.6 is 15.9 Å². The molecule has 7 heteroatoms. The molecule has 0 aliphatic heterocycles. The van der Waals surface area contributed by atoms with E-state index in [1.165, 1.54) is 0 Å². The fraction of sp³-hybridized carbons (Fsp3) is 0.190. The van der Waals surface area contributed by atoms with E-state index >= 15 is 0 Å². The number of pyridine rings is 1. The third-order valence-electron chi connectivity index (χ3n) is 4.17. The van der Waals surface area contributed by atoms with Crippen LogP contribution in [0.3, 0.4) is 0 Å². The van der Waals surface area contributed by atoms with Gasteiger partial charge in [-0.15, -0.1) is 0 Å². The van der Waals surface area contributed by atoms with Crippen LogP contribution in [0.4, 0.5) is 0 Å². The first kappa shape index (κ1) is 19.8. The number of halogens is 1. The number of ether oxygens (including phenoxy) is 1. The van der Waals surface area contributed by atoms with Gasteiger partial charge in [0.15, 0.2) is 0 Å². The van der Waals surface area contributed by atoms with Gasteiger partial charge in [-0.1, -0.05) is 15.9 Å². The fourth-order valence-corrected chi connectivity index (χ4v) is 3.36. The molecule has 2 aromatic heterocycles. The van der Waals surface area contributed by atoms with Gasteiger partial charge in [0, 0.05) is 27.8 Å². The zero-order valence-electron chi connectivity index (χ0n) is 15.8. The number of hydrogen-bond donors (Lipinski definition) is 0. The second-order valence-electron chi connectivity index (χ2n) is 6.46. The van der Waals surface area contributed by atoms with Crippen LogP contribution in [0.15, 0.2) is 47.2 Å². The molecule has 2 heterocycles. The van der Waals surface area contributed by atoms with E-state index in [1.54, 1.807) is 36.2 Å². The van der Waals surface area contributed by atoms with Crippen LogP contribution in [0.5, 0.6) is 5.75 Å². The first-order valence-electron chi connectivity index (χ1n) is 8.51. The van der Waals surface area contributed by atoms with Crippen LogP contribution in [0, 0.1) is 6.57 Å². The maximum atomic E-state index is 13.0. The van der Waals surface area contributed by atoms with E-state index in [0.717, 1.165) is 15.4 Å². The molecule has 6 nitrogen and oxygen atoms in total. The van der Waals surface area contributed by atoms with Gasteiger partial charge in [0.05, 0.1) is 31.4 Å². The molecule has 0 spiro atoms. The predicted octanol–water partition coefficient (Wildman–Crippen LogP) is 4.43. The molecule has 0 bridgehead atoms. The summed E-state index contributed by atoms with van der Waals surface area (Å²) in [5, 5.41) is 0.879. The molecule has 3 aromatic rings.